The van der Waals surface area contributed by atoms with E-state index in [1.165, 1.54) is 6.92 Å². The van der Waals surface area contributed by atoms with Crippen LogP contribution in [0.1, 0.15) is 29.9 Å². The lowest BCUT2D eigenvalue weighted by Gasteiger charge is -2.11. The molecule has 7 nitrogen and oxygen atoms in total. The molecule has 3 N–H and O–H groups in total. The fourth-order valence-corrected chi connectivity index (χ4v) is 2.41. The first-order valence-corrected chi connectivity index (χ1v) is 6.77. The highest BCUT2D eigenvalue weighted by atomic mass is 16.5. The zero-order chi connectivity index (χ0) is 15.9. The van der Waals surface area contributed by atoms with Crippen molar-refractivity contribution in [1.82, 2.24) is 4.98 Å². The van der Waals surface area contributed by atoms with Crippen molar-refractivity contribution in [2.75, 3.05) is 17.7 Å². The van der Waals surface area contributed by atoms with Gasteiger partial charge in [0, 0.05) is 24.1 Å². The summed E-state index contributed by atoms with van der Waals surface area (Å²) in [5, 5.41) is 3.40. The second-order valence-corrected chi connectivity index (χ2v) is 4.84. The average Bonchev–Trinajstić information content (AvgIpc) is 2.88. The van der Waals surface area contributed by atoms with Crippen molar-refractivity contribution in [2.24, 2.45) is 4.99 Å². The van der Waals surface area contributed by atoms with Crippen LogP contribution in [0, 0.1) is 0 Å². The van der Waals surface area contributed by atoms with Crippen LogP contribution in [-0.4, -0.2) is 29.7 Å². The minimum absolute atomic E-state index is 0.167. The Bertz CT molecular complexity index is 843. The smallest absolute Gasteiger partial charge is 0.356 e. The summed E-state index contributed by atoms with van der Waals surface area (Å²) in [5.74, 6) is -0.772. The molecule has 1 aromatic carbocycles. The monoisotopic (exact) mass is 298 g/mol. The number of aliphatic imine (C=N–C) groups is 1. The Morgan fingerprint density at radius 3 is 2.82 bits per heavy atom. The van der Waals surface area contributed by atoms with Crippen molar-refractivity contribution in [3.05, 3.63) is 23.4 Å². The number of ether oxygens (including phenoxy) is 1. The van der Waals surface area contributed by atoms with Crippen LogP contribution in [0.15, 0.2) is 17.1 Å². The number of nitrogens with two attached hydrogens (primary N) is 1. The second-order valence-electron chi connectivity index (χ2n) is 4.84. The van der Waals surface area contributed by atoms with Gasteiger partial charge >= 0.3 is 5.97 Å². The van der Waals surface area contributed by atoms with Gasteiger partial charge in [-0.05, 0) is 19.1 Å². The molecule has 2 aromatic rings. The van der Waals surface area contributed by atoms with Crippen LogP contribution in [0.3, 0.4) is 0 Å². The van der Waals surface area contributed by atoms with Gasteiger partial charge in [0.05, 0.1) is 29.2 Å². The minimum Gasteiger partial charge on any atom is -0.461 e. The van der Waals surface area contributed by atoms with E-state index in [0.717, 1.165) is 10.9 Å². The number of nitrogens with one attached hydrogen (secondary N) is 1. The quantitative estimate of drug-likeness (QED) is 0.568. The van der Waals surface area contributed by atoms with E-state index in [2.05, 4.69) is 15.3 Å². The van der Waals surface area contributed by atoms with E-state index in [9.17, 15) is 9.59 Å². The first kappa shape index (κ1) is 14.0. The molecule has 0 saturated carbocycles. The number of aromatic nitrogens is 1. The summed E-state index contributed by atoms with van der Waals surface area (Å²) >= 11 is 0. The van der Waals surface area contributed by atoms with Gasteiger partial charge in [-0.25, -0.2) is 9.78 Å². The Kier molecular flexibility index (Phi) is 3.25. The van der Waals surface area contributed by atoms with Crippen molar-refractivity contribution >= 4 is 46.1 Å². The van der Waals surface area contributed by atoms with Gasteiger partial charge in [0.15, 0.2) is 0 Å². The van der Waals surface area contributed by atoms with Crippen molar-refractivity contribution in [2.45, 2.75) is 13.8 Å². The third-order valence-electron chi connectivity index (χ3n) is 3.24. The number of carbonyl (C=O) groups is 2. The summed E-state index contributed by atoms with van der Waals surface area (Å²) in [6, 6.07) is 3.20. The van der Waals surface area contributed by atoms with Crippen LogP contribution in [0.5, 0.6) is 0 Å². The highest BCUT2D eigenvalue weighted by molar-refractivity contribution is 6.18. The molecular formula is C15H14N4O3. The molecule has 1 aliphatic heterocycles. The Labute approximate surface area is 126 Å². The SMILES string of the molecule is CCOC(=O)c1cc2c3c(c(N)cc(NC(C)=O)c3n1)N=C2. The number of hydrogen-bond donors (Lipinski definition) is 2. The highest BCUT2D eigenvalue weighted by Crippen LogP contribution is 2.41. The van der Waals surface area contributed by atoms with Gasteiger partial charge in [-0.3, -0.25) is 9.79 Å². The molecule has 0 aliphatic carbocycles. The number of pyridine rings is 1. The molecule has 1 aliphatic rings. The summed E-state index contributed by atoms with van der Waals surface area (Å²) in [4.78, 5) is 31.9. The lowest BCUT2D eigenvalue weighted by molar-refractivity contribution is -0.114. The van der Waals surface area contributed by atoms with Gasteiger partial charge in [0.2, 0.25) is 5.91 Å². The number of esters is 1. The first-order valence-electron chi connectivity index (χ1n) is 6.77. The first-order chi connectivity index (χ1) is 10.5. The van der Waals surface area contributed by atoms with E-state index < -0.39 is 5.97 Å². The fourth-order valence-electron chi connectivity index (χ4n) is 2.41. The zero-order valence-electron chi connectivity index (χ0n) is 12.1. The molecule has 0 spiro atoms. The summed E-state index contributed by atoms with van der Waals surface area (Å²) in [7, 11) is 0. The van der Waals surface area contributed by atoms with Gasteiger partial charge in [0.25, 0.3) is 0 Å². The van der Waals surface area contributed by atoms with Gasteiger partial charge in [-0.1, -0.05) is 0 Å². The van der Waals surface area contributed by atoms with Crippen LogP contribution in [-0.2, 0) is 9.53 Å². The Balaban J connectivity index is 2.27. The summed E-state index contributed by atoms with van der Waals surface area (Å²) < 4.78 is 4.98. The average molecular weight is 298 g/mol. The van der Waals surface area contributed by atoms with Crippen molar-refractivity contribution in [3.8, 4) is 0 Å². The summed E-state index contributed by atoms with van der Waals surface area (Å²) in [6.45, 7) is 3.37. The number of carbonyl (C=O) groups excluding carboxylic acids is 2. The van der Waals surface area contributed by atoms with E-state index in [-0.39, 0.29) is 18.2 Å². The van der Waals surface area contributed by atoms with E-state index in [0.29, 0.717) is 22.6 Å². The molecule has 0 radical (unpaired) electrons. The van der Waals surface area contributed by atoms with Crippen molar-refractivity contribution < 1.29 is 14.3 Å². The molecule has 7 heteroatoms. The molecule has 2 heterocycles. The molecule has 0 atom stereocenters. The molecule has 22 heavy (non-hydrogen) atoms. The number of nitrogen functional groups attached to an aromatic ring is 1. The molecule has 0 saturated heterocycles. The Morgan fingerprint density at radius 1 is 1.36 bits per heavy atom. The van der Waals surface area contributed by atoms with Gasteiger partial charge in [-0.15, -0.1) is 0 Å². The molecule has 3 rings (SSSR count). The van der Waals surface area contributed by atoms with Crippen LogP contribution in [0.4, 0.5) is 17.1 Å². The molecule has 112 valence electrons. The summed E-state index contributed by atoms with van der Waals surface area (Å²) in [5.41, 5.74) is 8.82. The molecule has 1 amide bonds. The van der Waals surface area contributed by atoms with E-state index in [1.807, 2.05) is 0 Å². The topological polar surface area (TPSA) is 107 Å². The van der Waals surface area contributed by atoms with Gasteiger partial charge in [-0.2, -0.15) is 0 Å². The standard InChI is InChI=1S/C15H14N4O3/c1-3-22-15(21)11-4-8-6-17-13-9(16)5-10(18-7(2)20)14(19-11)12(8)13/h4-6H,3,16H2,1-2H3,(H,18,20). The molecule has 0 unspecified atom stereocenters. The lowest BCUT2D eigenvalue weighted by Crippen LogP contribution is -2.11. The van der Waals surface area contributed by atoms with Crippen LogP contribution < -0.4 is 11.1 Å². The minimum atomic E-state index is -0.520. The second kappa shape index (κ2) is 5.10. The maximum Gasteiger partial charge on any atom is 0.356 e. The van der Waals surface area contributed by atoms with Gasteiger partial charge < -0.3 is 15.8 Å². The predicted molar refractivity (Wildman–Crippen MR) is 83.7 cm³/mol. The number of nitrogens with zero attached hydrogens (tertiary/aromatic N) is 2. The Morgan fingerprint density at radius 2 is 2.14 bits per heavy atom. The summed E-state index contributed by atoms with van der Waals surface area (Å²) in [6.07, 6.45) is 1.62. The number of benzene rings is 1. The van der Waals surface area contributed by atoms with Crippen molar-refractivity contribution in [1.29, 1.82) is 0 Å². The van der Waals surface area contributed by atoms with E-state index in [4.69, 9.17) is 10.5 Å². The van der Waals surface area contributed by atoms with E-state index in [1.54, 1.807) is 25.3 Å². The number of rotatable bonds is 3. The van der Waals surface area contributed by atoms with Crippen LogP contribution in [0.25, 0.3) is 10.9 Å². The van der Waals surface area contributed by atoms with Crippen LogP contribution in [0.2, 0.25) is 0 Å². The molecular weight excluding hydrogens is 284 g/mol. The third kappa shape index (κ3) is 2.16. The lowest BCUT2D eigenvalue weighted by atomic mass is 10.1. The van der Waals surface area contributed by atoms with Crippen molar-refractivity contribution in [3.63, 3.8) is 0 Å². The fraction of sp³-hybridized carbons (Fsp3) is 0.200. The Hall–Kier alpha value is -2.96. The molecule has 0 fully saturated rings. The normalized spacial score (nSPS) is 11.7. The van der Waals surface area contributed by atoms with Crippen LogP contribution >= 0.6 is 0 Å². The molecule has 1 aromatic heterocycles. The third-order valence-corrected chi connectivity index (χ3v) is 3.24. The number of amides is 1. The largest absolute Gasteiger partial charge is 0.461 e. The van der Waals surface area contributed by atoms with Gasteiger partial charge in [0.1, 0.15) is 5.69 Å². The number of hydrogen-bond acceptors (Lipinski definition) is 6. The zero-order valence-corrected chi connectivity index (χ0v) is 12.1. The molecule has 0 bridgehead atoms. The highest BCUT2D eigenvalue weighted by Gasteiger charge is 2.22. The van der Waals surface area contributed by atoms with E-state index >= 15 is 0 Å². The maximum absolute atomic E-state index is 11.9. The number of anilines is 2. The predicted octanol–water partition coefficient (Wildman–Crippen LogP) is 2.02. The maximum atomic E-state index is 11.9.